The van der Waals surface area contributed by atoms with Crippen molar-refractivity contribution in [1.82, 2.24) is 29.7 Å². The maximum atomic E-state index is 13.6. The van der Waals surface area contributed by atoms with Gasteiger partial charge < -0.3 is 10.7 Å². The molecule has 4 aromatic rings. The molecule has 0 bridgehead atoms. The van der Waals surface area contributed by atoms with E-state index < -0.39 is 30.3 Å². The van der Waals surface area contributed by atoms with Crippen molar-refractivity contribution in [2.45, 2.75) is 24.9 Å². The van der Waals surface area contributed by atoms with Gasteiger partial charge in [0.05, 0.1) is 24.5 Å². The molecule has 4 aromatic heterocycles. The normalized spacial score (nSPS) is 13.5. The van der Waals surface area contributed by atoms with Crippen LogP contribution in [0.5, 0.6) is 0 Å². The molecule has 3 N–H and O–H groups in total. The second kappa shape index (κ2) is 8.70. The Bertz CT molecular complexity index is 1320. The number of fused-ring (bicyclic) bond motifs is 1. The van der Waals surface area contributed by atoms with Crippen molar-refractivity contribution >= 4 is 17.1 Å². The number of rotatable bonds is 7. The van der Waals surface area contributed by atoms with Crippen molar-refractivity contribution in [2.24, 2.45) is 11.7 Å². The number of amides is 1. The Morgan fingerprint density at radius 1 is 1.18 bits per heavy atom. The van der Waals surface area contributed by atoms with E-state index in [1.807, 2.05) is 0 Å². The summed E-state index contributed by atoms with van der Waals surface area (Å²) in [6.45, 7) is 0. The standard InChI is InChI=1S/C21H17F3N8O/c22-21(23,24)16(3-1-12(7-25)19(26)33)13-2-4-17(28-8-13)32-10-14(9-31-32)15-5-6-27-20-18(15)29-11-30-20/h2,4-6,8-12,16H,1,3H2,(H2,26,33)(H,27,29,30). The summed E-state index contributed by atoms with van der Waals surface area (Å²) < 4.78 is 42.3. The molecule has 0 aliphatic carbocycles. The lowest BCUT2D eigenvalue weighted by Gasteiger charge is -2.21. The third kappa shape index (κ3) is 4.52. The first-order chi connectivity index (χ1) is 15.8. The Balaban J connectivity index is 1.57. The number of nitrogens with zero attached hydrogens (tertiary/aromatic N) is 6. The quantitative estimate of drug-likeness (QED) is 0.439. The Morgan fingerprint density at radius 3 is 2.67 bits per heavy atom. The maximum Gasteiger partial charge on any atom is 0.395 e. The molecular formula is C21H17F3N8O. The summed E-state index contributed by atoms with van der Waals surface area (Å²) in [5.41, 5.74) is 7.80. The fraction of sp³-hybridized carbons (Fsp3) is 0.238. The molecule has 0 spiro atoms. The number of hydrogen-bond acceptors (Lipinski definition) is 6. The van der Waals surface area contributed by atoms with Gasteiger partial charge in [0.1, 0.15) is 11.4 Å². The van der Waals surface area contributed by atoms with E-state index >= 15 is 0 Å². The second-order valence-electron chi connectivity index (χ2n) is 7.34. The average Bonchev–Trinajstić information content (AvgIpc) is 3.45. The predicted molar refractivity (Wildman–Crippen MR) is 111 cm³/mol. The van der Waals surface area contributed by atoms with Crippen LogP contribution >= 0.6 is 0 Å². The minimum atomic E-state index is -4.57. The van der Waals surface area contributed by atoms with Gasteiger partial charge in [0.2, 0.25) is 5.91 Å². The molecule has 2 unspecified atom stereocenters. The summed E-state index contributed by atoms with van der Waals surface area (Å²) in [6.07, 6.45) is 2.25. The molecule has 1 amide bonds. The summed E-state index contributed by atoms with van der Waals surface area (Å²) in [4.78, 5) is 26.7. The number of halogens is 3. The molecule has 0 aromatic carbocycles. The lowest BCUT2D eigenvalue weighted by atomic mass is 9.91. The molecular weight excluding hydrogens is 437 g/mol. The number of H-pyrrole nitrogens is 1. The zero-order valence-electron chi connectivity index (χ0n) is 17.0. The van der Waals surface area contributed by atoms with E-state index in [1.165, 1.54) is 23.1 Å². The third-order valence-corrected chi connectivity index (χ3v) is 5.26. The summed E-state index contributed by atoms with van der Waals surface area (Å²) in [6, 6.07) is 6.16. The molecule has 12 heteroatoms. The van der Waals surface area contributed by atoms with Crippen LogP contribution < -0.4 is 5.73 Å². The number of imidazole rings is 1. The van der Waals surface area contributed by atoms with Gasteiger partial charge in [0.25, 0.3) is 0 Å². The van der Waals surface area contributed by atoms with Crippen molar-refractivity contribution in [2.75, 3.05) is 0 Å². The van der Waals surface area contributed by atoms with Gasteiger partial charge in [-0.05, 0) is 30.5 Å². The van der Waals surface area contributed by atoms with E-state index in [4.69, 9.17) is 11.0 Å². The molecule has 0 saturated heterocycles. The van der Waals surface area contributed by atoms with Crippen LogP contribution in [0.2, 0.25) is 0 Å². The van der Waals surface area contributed by atoms with Crippen LogP contribution in [0.4, 0.5) is 13.2 Å². The van der Waals surface area contributed by atoms with Crippen LogP contribution in [0.25, 0.3) is 28.1 Å². The molecule has 0 saturated carbocycles. The van der Waals surface area contributed by atoms with Gasteiger partial charge in [-0.2, -0.15) is 23.5 Å². The highest BCUT2D eigenvalue weighted by atomic mass is 19.4. The number of aromatic amines is 1. The fourth-order valence-electron chi connectivity index (χ4n) is 3.53. The average molecular weight is 454 g/mol. The SMILES string of the molecule is N#CC(CCC(c1ccc(-n2cc(-c3ccnc4[nH]cnc34)cn2)nc1)C(F)(F)F)C(N)=O. The van der Waals surface area contributed by atoms with Crippen molar-refractivity contribution in [1.29, 1.82) is 5.26 Å². The van der Waals surface area contributed by atoms with E-state index in [0.29, 0.717) is 17.0 Å². The Morgan fingerprint density at radius 2 is 2.00 bits per heavy atom. The molecule has 4 rings (SSSR count). The van der Waals surface area contributed by atoms with E-state index in [9.17, 15) is 18.0 Å². The van der Waals surface area contributed by atoms with E-state index in [-0.39, 0.29) is 12.0 Å². The number of carbonyl (C=O) groups is 1. The van der Waals surface area contributed by atoms with Gasteiger partial charge in [0.15, 0.2) is 11.5 Å². The van der Waals surface area contributed by atoms with Gasteiger partial charge in [0, 0.05) is 29.7 Å². The number of pyridine rings is 2. The highest BCUT2D eigenvalue weighted by Gasteiger charge is 2.41. The van der Waals surface area contributed by atoms with Gasteiger partial charge in [-0.15, -0.1) is 0 Å². The number of nitrogens with two attached hydrogens (primary N) is 1. The third-order valence-electron chi connectivity index (χ3n) is 5.26. The minimum Gasteiger partial charge on any atom is -0.369 e. The van der Waals surface area contributed by atoms with Gasteiger partial charge in [-0.3, -0.25) is 4.79 Å². The highest BCUT2D eigenvalue weighted by molar-refractivity contribution is 5.88. The van der Waals surface area contributed by atoms with Crippen molar-refractivity contribution in [3.05, 3.63) is 54.9 Å². The van der Waals surface area contributed by atoms with E-state index in [2.05, 4.69) is 25.0 Å². The molecule has 0 fully saturated rings. The second-order valence-corrected chi connectivity index (χ2v) is 7.34. The number of alkyl halides is 3. The van der Waals surface area contributed by atoms with Crippen molar-refractivity contribution in [3.8, 4) is 23.0 Å². The maximum absolute atomic E-state index is 13.6. The Kier molecular flexibility index (Phi) is 5.78. The highest BCUT2D eigenvalue weighted by Crippen LogP contribution is 2.39. The number of nitriles is 1. The lowest BCUT2D eigenvalue weighted by Crippen LogP contribution is -2.26. The van der Waals surface area contributed by atoms with Crippen LogP contribution in [-0.2, 0) is 4.79 Å². The van der Waals surface area contributed by atoms with Gasteiger partial charge in [-0.1, -0.05) is 6.07 Å². The molecule has 0 radical (unpaired) electrons. The molecule has 0 aliphatic rings. The lowest BCUT2D eigenvalue weighted by molar-refractivity contribution is -0.153. The molecule has 2 atom stereocenters. The van der Waals surface area contributed by atoms with Crippen molar-refractivity contribution < 1.29 is 18.0 Å². The summed E-state index contributed by atoms with van der Waals surface area (Å²) in [7, 11) is 0. The van der Waals surface area contributed by atoms with Crippen LogP contribution in [0.1, 0.15) is 24.3 Å². The first-order valence-corrected chi connectivity index (χ1v) is 9.83. The predicted octanol–water partition coefficient (Wildman–Crippen LogP) is 3.26. The van der Waals surface area contributed by atoms with E-state index in [0.717, 1.165) is 17.3 Å². The largest absolute Gasteiger partial charge is 0.395 e. The Hall–Kier alpha value is -4.27. The first-order valence-electron chi connectivity index (χ1n) is 9.83. The number of nitrogens with one attached hydrogen (secondary N) is 1. The zero-order chi connectivity index (χ0) is 23.6. The van der Waals surface area contributed by atoms with Crippen molar-refractivity contribution in [3.63, 3.8) is 0 Å². The van der Waals surface area contributed by atoms with Gasteiger partial charge in [-0.25, -0.2) is 19.6 Å². The molecule has 168 valence electrons. The van der Waals surface area contributed by atoms with Crippen LogP contribution in [0.3, 0.4) is 0 Å². The molecule has 33 heavy (non-hydrogen) atoms. The smallest absolute Gasteiger partial charge is 0.369 e. The summed E-state index contributed by atoms with van der Waals surface area (Å²) in [5.74, 6) is -3.78. The molecule has 4 heterocycles. The van der Waals surface area contributed by atoms with E-state index in [1.54, 1.807) is 30.7 Å². The summed E-state index contributed by atoms with van der Waals surface area (Å²) >= 11 is 0. The molecule has 0 aliphatic heterocycles. The zero-order valence-corrected chi connectivity index (χ0v) is 17.0. The Labute approximate surface area is 185 Å². The van der Waals surface area contributed by atoms with Crippen LogP contribution in [0.15, 0.2) is 49.3 Å². The minimum absolute atomic E-state index is 0.0767. The fourth-order valence-corrected chi connectivity index (χ4v) is 3.53. The summed E-state index contributed by atoms with van der Waals surface area (Å²) in [5, 5.41) is 13.2. The number of primary amides is 1. The number of aromatic nitrogens is 6. The van der Waals surface area contributed by atoms with Gasteiger partial charge >= 0.3 is 6.18 Å². The first kappa shape index (κ1) is 21.9. The molecule has 9 nitrogen and oxygen atoms in total. The van der Waals surface area contributed by atoms with Crippen LogP contribution in [-0.4, -0.2) is 41.8 Å². The number of hydrogen-bond donors (Lipinski definition) is 2. The van der Waals surface area contributed by atoms with Crippen LogP contribution in [0, 0.1) is 17.2 Å². The topological polar surface area (TPSA) is 139 Å². The number of carbonyl (C=O) groups excluding carboxylic acids is 1. The monoisotopic (exact) mass is 454 g/mol.